The molecule has 0 spiro atoms. The summed E-state index contributed by atoms with van der Waals surface area (Å²) in [6.07, 6.45) is 11.7. The van der Waals surface area contributed by atoms with Crippen LogP contribution in [0, 0.1) is 17.8 Å². The van der Waals surface area contributed by atoms with Gasteiger partial charge in [-0.1, -0.05) is 32.6 Å². The van der Waals surface area contributed by atoms with Gasteiger partial charge in [0.15, 0.2) is 0 Å². The Morgan fingerprint density at radius 3 is 2.38 bits per heavy atom. The molecule has 0 saturated heterocycles. The molecule has 0 aromatic heterocycles. The fraction of sp³-hybridized carbons (Fsp3) is 0.750. The number of hydrogen-bond donors (Lipinski definition) is 3. The molecule has 0 aromatic carbocycles. The Morgan fingerprint density at radius 1 is 1.29 bits per heavy atom. The van der Waals surface area contributed by atoms with E-state index in [1.165, 1.54) is 0 Å². The van der Waals surface area contributed by atoms with Gasteiger partial charge >= 0.3 is 12.0 Å². The van der Waals surface area contributed by atoms with Crippen LogP contribution in [0.15, 0.2) is 0 Å². The molecule has 118 valence electrons. The summed E-state index contributed by atoms with van der Waals surface area (Å²) in [7, 11) is 0. The number of aliphatic carboxylic acids is 1. The molecule has 0 aliphatic heterocycles. The number of rotatable bonds is 6. The number of hydrogen-bond acceptors (Lipinski definition) is 2. The Hall–Kier alpha value is -1.70. The highest BCUT2D eigenvalue weighted by atomic mass is 16.4. The highest BCUT2D eigenvalue weighted by molar-refractivity contribution is 5.78. The number of carboxylic acids is 1. The van der Waals surface area contributed by atoms with Gasteiger partial charge < -0.3 is 15.7 Å². The van der Waals surface area contributed by atoms with E-state index in [1.807, 2.05) is 6.92 Å². The zero-order valence-electron chi connectivity index (χ0n) is 12.8. The minimum atomic E-state index is -0.818. The average Bonchev–Trinajstić information content (AvgIpc) is 2.71. The second-order valence-corrected chi connectivity index (χ2v) is 5.84. The smallest absolute Gasteiger partial charge is 0.315 e. The predicted molar refractivity (Wildman–Crippen MR) is 81.8 cm³/mol. The van der Waals surface area contributed by atoms with Crippen LogP contribution in [0.2, 0.25) is 0 Å². The molecule has 1 aliphatic rings. The number of nitrogens with one attached hydrogen (secondary N) is 2. The standard InChI is InChI=1S/C16H26N2O3/c1-3-9-13(4-2)18-15(21)17-12-16(14(19)20)10-7-5-6-8-11-16/h1,13H,4-12H2,2H3,(H,19,20)(H2,17,18,21). The third kappa shape index (κ3) is 5.30. The fourth-order valence-electron chi connectivity index (χ4n) is 2.80. The van der Waals surface area contributed by atoms with E-state index in [-0.39, 0.29) is 18.6 Å². The van der Waals surface area contributed by atoms with Gasteiger partial charge in [0, 0.05) is 19.0 Å². The number of carboxylic acid groups (broad SMARTS) is 1. The monoisotopic (exact) mass is 294 g/mol. The summed E-state index contributed by atoms with van der Waals surface area (Å²) >= 11 is 0. The van der Waals surface area contributed by atoms with E-state index in [1.54, 1.807) is 0 Å². The molecule has 0 radical (unpaired) electrons. The molecule has 0 bridgehead atoms. The largest absolute Gasteiger partial charge is 0.481 e. The minimum Gasteiger partial charge on any atom is -0.481 e. The van der Waals surface area contributed by atoms with Gasteiger partial charge in [-0.3, -0.25) is 4.79 Å². The summed E-state index contributed by atoms with van der Waals surface area (Å²) in [4.78, 5) is 23.5. The topological polar surface area (TPSA) is 78.4 Å². The van der Waals surface area contributed by atoms with Crippen molar-refractivity contribution in [3.63, 3.8) is 0 Å². The third-order valence-corrected chi connectivity index (χ3v) is 4.29. The quantitative estimate of drug-likeness (QED) is 0.520. The molecular formula is C16H26N2O3. The molecule has 1 rings (SSSR count). The lowest BCUT2D eigenvalue weighted by atomic mass is 9.80. The Bertz CT molecular complexity index is 393. The van der Waals surface area contributed by atoms with Crippen molar-refractivity contribution in [2.45, 2.75) is 64.3 Å². The van der Waals surface area contributed by atoms with Crippen molar-refractivity contribution in [2.24, 2.45) is 5.41 Å². The number of carbonyl (C=O) groups excluding carboxylic acids is 1. The molecule has 2 amide bonds. The lowest BCUT2D eigenvalue weighted by molar-refractivity contribution is -0.149. The number of urea groups is 1. The molecule has 1 aliphatic carbocycles. The second-order valence-electron chi connectivity index (χ2n) is 5.84. The molecule has 0 aromatic rings. The average molecular weight is 294 g/mol. The molecule has 5 heteroatoms. The van der Waals surface area contributed by atoms with Crippen molar-refractivity contribution in [2.75, 3.05) is 6.54 Å². The van der Waals surface area contributed by atoms with Crippen LogP contribution in [0.25, 0.3) is 0 Å². The lowest BCUT2D eigenvalue weighted by Gasteiger charge is -2.28. The van der Waals surface area contributed by atoms with Gasteiger partial charge in [0.25, 0.3) is 0 Å². The number of carbonyl (C=O) groups is 2. The fourth-order valence-corrected chi connectivity index (χ4v) is 2.80. The molecular weight excluding hydrogens is 268 g/mol. The molecule has 1 atom stereocenters. The first-order valence-electron chi connectivity index (χ1n) is 7.75. The Balaban J connectivity index is 2.55. The van der Waals surface area contributed by atoms with Crippen LogP contribution in [0.5, 0.6) is 0 Å². The van der Waals surface area contributed by atoms with Crippen molar-refractivity contribution < 1.29 is 14.7 Å². The van der Waals surface area contributed by atoms with E-state index in [0.717, 1.165) is 32.1 Å². The Kier molecular flexibility index (Phi) is 7.07. The molecule has 1 saturated carbocycles. The van der Waals surface area contributed by atoms with Crippen LogP contribution in [0.1, 0.15) is 58.3 Å². The van der Waals surface area contributed by atoms with Gasteiger partial charge in [0.1, 0.15) is 0 Å². The summed E-state index contributed by atoms with van der Waals surface area (Å²) < 4.78 is 0. The summed E-state index contributed by atoms with van der Waals surface area (Å²) in [5.41, 5.74) is -0.818. The van der Waals surface area contributed by atoms with Gasteiger partial charge in [-0.25, -0.2) is 4.79 Å². The summed E-state index contributed by atoms with van der Waals surface area (Å²) in [6.45, 7) is 2.13. The molecule has 21 heavy (non-hydrogen) atoms. The maximum absolute atomic E-state index is 11.9. The maximum Gasteiger partial charge on any atom is 0.315 e. The number of terminal acetylenes is 1. The van der Waals surface area contributed by atoms with Crippen molar-refractivity contribution >= 4 is 12.0 Å². The van der Waals surface area contributed by atoms with E-state index in [0.29, 0.717) is 19.3 Å². The van der Waals surface area contributed by atoms with E-state index < -0.39 is 11.4 Å². The summed E-state index contributed by atoms with van der Waals surface area (Å²) in [6, 6.07) is -0.396. The van der Waals surface area contributed by atoms with Crippen molar-refractivity contribution in [3.05, 3.63) is 0 Å². The van der Waals surface area contributed by atoms with E-state index >= 15 is 0 Å². The lowest BCUT2D eigenvalue weighted by Crippen LogP contribution is -2.48. The summed E-state index contributed by atoms with van der Waals surface area (Å²) in [5, 5.41) is 15.1. The van der Waals surface area contributed by atoms with Gasteiger partial charge in [0.2, 0.25) is 0 Å². The third-order valence-electron chi connectivity index (χ3n) is 4.29. The maximum atomic E-state index is 11.9. The zero-order chi connectivity index (χ0) is 15.7. The molecule has 5 nitrogen and oxygen atoms in total. The summed E-state index contributed by atoms with van der Waals surface area (Å²) in [5.74, 6) is 1.72. The van der Waals surface area contributed by atoms with Gasteiger partial charge in [-0.05, 0) is 19.3 Å². The van der Waals surface area contributed by atoms with Gasteiger partial charge in [0.05, 0.1) is 5.41 Å². The van der Waals surface area contributed by atoms with Crippen molar-refractivity contribution in [1.82, 2.24) is 10.6 Å². The SMILES string of the molecule is C#CCC(CC)NC(=O)NCC1(C(=O)O)CCCCCC1. The first-order chi connectivity index (χ1) is 10.0. The van der Waals surface area contributed by atoms with Crippen LogP contribution in [0.4, 0.5) is 4.79 Å². The predicted octanol–water partition coefficient (Wildman–Crippen LogP) is 2.51. The zero-order valence-corrected chi connectivity index (χ0v) is 12.8. The van der Waals surface area contributed by atoms with E-state index in [9.17, 15) is 14.7 Å². The van der Waals surface area contributed by atoms with Crippen LogP contribution in [-0.4, -0.2) is 29.7 Å². The van der Waals surface area contributed by atoms with Crippen molar-refractivity contribution in [3.8, 4) is 12.3 Å². The number of amides is 2. The first-order valence-corrected chi connectivity index (χ1v) is 7.75. The molecule has 3 N–H and O–H groups in total. The molecule has 0 heterocycles. The van der Waals surface area contributed by atoms with Crippen LogP contribution >= 0.6 is 0 Å². The Morgan fingerprint density at radius 2 is 1.90 bits per heavy atom. The van der Waals surface area contributed by atoms with Gasteiger partial charge in [-0.2, -0.15) is 0 Å². The Labute approximate surface area is 126 Å². The highest BCUT2D eigenvalue weighted by Gasteiger charge is 2.38. The van der Waals surface area contributed by atoms with E-state index in [2.05, 4.69) is 16.6 Å². The van der Waals surface area contributed by atoms with Crippen LogP contribution < -0.4 is 10.6 Å². The van der Waals surface area contributed by atoms with Gasteiger partial charge in [-0.15, -0.1) is 12.3 Å². The molecule has 1 fully saturated rings. The van der Waals surface area contributed by atoms with E-state index in [4.69, 9.17) is 6.42 Å². The van der Waals surface area contributed by atoms with Crippen LogP contribution in [-0.2, 0) is 4.79 Å². The second kappa shape index (κ2) is 8.56. The van der Waals surface area contributed by atoms with Crippen LogP contribution in [0.3, 0.4) is 0 Å². The normalized spacial score (nSPS) is 18.9. The first kappa shape index (κ1) is 17.4. The molecule has 1 unspecified atom stereocenters. The van der Waals surface area contributed by atoms with Crippen molar-refractivity contribution in [1.29, 1.82) is 0 Å². The minimum absolute atomic E-state index is 0.0649. The highest BCUT2D eigenvalue weighted by Crippen LogP contribution is 2.34.